The van der Waals surface area contributed by atoms with Gasteiger partial charge in [0.05, 0.1) is 63.5 Å². The van der Waals surface area contributed by atoms with Gasteiger partial charge < -0.3 is 36.3 Å². The molecule has 10 nitrogen and oxygen atoms in total. The molecule has 6 atom stereocenters. The van der Waals surface area contributed by atoms with Crippen LogP contribution < -0.4 is 10.4 Å². The standard InChI is InChI=1S/C38H61BN2O8P2Si2/c1-12-43-50(44-27-19-25-40)45-29-38(30-53(37(5,6)7,31-21-15-13-16-22-31)32-23-17-14-18-24-32)34(48-51(9,42-8)46-28-20-26-41)33(35(39)47-38)49-52(10,11)36(2,3)4/h13-18,21-24,33-35H,9,12,19-20,27-30,39H2,1-8,10-11H3/t33-,34?,35+,38-,50?,51?/m0/s1/i1D. The van der Waals surface area contributed by atoms with Crippen LogP contribution in [0.1, 0.15) is 62.7 Å². The first-order valence-corrected chi connectivity index (χ1v) is 26.1. The zero-order valence-corrected chi connectivity index (χ0v) is 37.2. The molecular weight excluding hydrogens is 741 g/mol. The van der Waals surface area contributed by atoms with Crippen molar-refractivity contribution in [2.24, 2.45) is 0 Å². The van der Waals surface area contributed by atoms with Crippen LogP contribution in [-0.4, -0.2) is 87.9 Å². The van der Waals surface area contributed by atoms with E-state index in [1.54, 1.807) is 0 Å². The predicted octanol–water partition coefficient (Wildman–Crippen LogP) is 7.54. The van der Waals surface area contributed by atoms with E-state index in [0.717, 1.165) is 0 Å². The van der Waals surface area contributed by atoms with Crippen molar-refractivity contribution < 1.29 is 37.7 Å². The molecule has 292 valence electrons. The predicted molar refractivity (Wildman–Crippen MR) is 223 cm³/mol. The Kier molecular flexibility index (Phi) is 16.2. The Morgan fingerprint density at radius 2 is 1.49 bits per heavy atom. The third-order valence-corrected chi connectivity index (χ3v) is 24.0. The van der Waals surface area contributed by atoms with Gasteiger partial charge in [-0.1, -0.05) is 113 Å². The quantitative estimate of drug-likeness (QED) is 0.0755. The molecule has 1 heterocycles. The number of ether oxygens (including phenoxy) is 1. The van der Waals surface area contributed by atoms with Gasteiger partial charge in [0.1, 0.15) is 27.6 Å². The highest BCUT2D eigenvalue weighted by Crippen LogP contribution is 2.57. The van der Waals surface area contributed by atoms with Crippen molar-refractivity contribution in [3.63, 3.8) is 0 Å². The average molecular weight is 804 g/mol. The van der Waals surface area contributed by atoms with E-state index in [2.05, 4.69) is 122 Å². The number of hydrogen-bond acceptors (Lipinski definition) is 10. The zero-order chi connectivity index (χ0) is 40.3. The van der Waals surface area contributed by atoms with Gasteiger partial charge in [-0.3, -0.25) is 0 Å². The molecule has 0 N–H and O–H groups in total. The van der Waals surface area contributed by atoms with Crippen molar-refractivity contribution in [2.75, 3.05) is 33.5 Å². The van der Waals surface area contributed by atoms with E-state index in [9.17, 15) is 10.5 Å². The molecule has 53 heavy (non-hydrogen) atoms. The molecule has 0 aliphatic carbocycles. The van der Waals surface area contributed by atoms with Gasteiger partial charge in [-0.2, -0.15) is 10.5 Å². The van der Waals surface area contributed by atoms with Gasteiger partial charge in [0.25, 0.3) is 7.57 Å². The summed E-state index contributed by atoms with van der Waals surface area (Å²) in [7, 11) is -7.17. The maximum atomic E-state index is 9.35. The second kappa shape index (κ2) is 19.5. The molecule has 1 saturated heterocycles. The Hall–Kier alpha value is -1.67. The van der Waals surface area contributed by atoms with Gasteiger partial charge in [0, 0.05) is 8.48 Å². The SMILES string of the molecule is [2H]CCOP(OCCC#N)OC[C@@]1(C[Si](c2ccccc2)(c2ccccc2)C(C)(C)C)O[C@@H](B)[C@@H](O[Si](C)(C)C(C)(C)C)C1OP(=C)(OC)OCCC#N. The van der Waals surface area contributed by atoms with Gasteiger partial charge in [-0.05, 0) is 42.4 Å². The molecule has 1 aliphatic heterocycles. The first-order chi connectivity index (χ1) is 25.3. The maximum absolute atomic E-state index is 9.35. The lowest BCUT2D eigenvalue weighted by atomic mass is 9.90. The highest BCUT2D eigenvalue weighted by Gasteiger charge is 2.64. The van der Waals surface area contributed by atoms with E-state index in [1.165, 1.54) is 17.5 Å². The summed E-state index contributed by atoms with van der Waals surface area (Å²) in [5.41, 5.74) is -1.21. The van der Waals surface area contributed by atoms with E-state index in [-0.39, 0.29) is 56.2 Å². The monoisotopic (exact) mass is 803 g/mol. The van der Waals surface area contributed by atoms with Gasteiger partial charge >= 0.3 is 8.60 Å². The molecular formula is C38H61BN2O8P2Si2. The van der Waals surface area contributed by atoms with Gasteiger partial charge in [0.2, 0.25) is 0 Å². The largest absolute Gasteiger partial charge is 0.409 e. The van der Waals surface area contributed by atoms with Crippen LogP contribution in [0.25, 0.3) is 0 Å². The summed E-state index contributed by atoms with van der Waals surface area (Å²) in [6, 6.07) is 25.5. The number of benzene rings is 2. The molecule has 1 fully saturated rings. The summed E-state index contributed by atoms with van der Waals surface area (Å²) in [5, 5.41) is 20.6. The topological polar surface area (TPSA) is 121 Å². The van der Waals surface area contributed by atoms with Crippen molar-refractivity contribution in [1.29, 1.82) is 10.5 Å². The molecule has 3 unspecified atom stereocenters. The Morgan fingerprint density at radius 3 is 1.98 bits per heavy atom. The van der Waals surface area contributed by atoms with Crippen molar-refractivity contribution in [1.82, 2.24) is 0 Å². The van der Waals surface area contributed by atoms with Crippen LogP contribution in [-0.2, 0) is 36.3 Å². The van der Waals surface area contributed by atoms with Gasteiger partial charge in [-0.25, -0.2) is 0 Å². The molecule has 15 heteroatoms. The minimum Gasteiger partial charge on any atom is -0.409 e. The first-order valence-electron chi connectivity index (χ1n) is 18.9. The Morgan fingerprint density at radius 1 is 0.925 bits per heavy atom. The molecule has 1 aliphatic rings. The van der Waals surface area contributed by atoms with Crippen molar-refractivity contribution in [3.8, 4) is 12.1 Å². The molecule has 0 aromatic heterocycles. The second-order valence-corrected chi connectivity index (χ2v) is 28.8. The number of rotatable bonds is 20. The molecule has 0 bridgehead atoms. The van der Waals surface area contributed by atoms with Gasteiger partial charge in [0.15, 0.2) is 8.32 Å². The lowest BCUT2D eigenvalue weighted by molar-refractivity contribution is -0.0806. The molecule has 2 aromatic carbocycles. The van der Waals surface area contributed by atoms with Crippen LogP contribution in [0, 0.1) is 22.7 Å². The molecule has 2 aromatic rings. The molecule has 0 spiro atoms. The van der Waals surface area contributed by atoms with E-state index >= 15 is 0 Å². The van der Waals surface area contributed by atoms with Crippen LogP contribution in [0.15, 0.2) is 60.7 Å². The zero-order valence-electron chi connectivity index (χ0n) is 34.4. The Bertz CT molecular complexity index is 1550. The summed E-state index contributed by atoms with van der Waals surface area (Å²) in [6.07, 6.45) is 3.25. The van der Waals surface area contributed by atoms with Crippen molar-refractivity contribution in [2.45, 2.75) is 114 Å². The average Bonchev–Trinajstić information content (AvgIpc) is 3.36. The van der Waals surface area contributed by atoms with E-state index < -0.39 is 56.4 Å². The normalized spacial score (nSPS) is 23.1. The first kappa shape index (κ1) is 44.0. The number of nitriles is 2. The maximum Gasteiger partial charge on any atom is 0.332 e. The van der Waals surface area contributed by atoms with E-state index in [1.807, 2.05) is 20.0 Å². The fraction of sp³-hybridized carbons (Fsp3) is 0.605. The molecule has 3 rings (SSSR count). The van der Waals surface area contributed by atoms with Crippen molar-refractivity contribution in [3.05, 3.63) is 60.7 Å². The summed E-state index contributed by atoms with van der Waals surface area (Å²) in [6.45, 7) is 18.2. The van der Waals surface area contributed by atoms with Crippen LogP contribution in [0.2, 0.25) is 29.2 Å². The lowest BCUT2D eigenvalue weighted by Gasteiger charge is -2.50. The summed E-state index contributed by atoms with van der Waals surface area (Å²) in [4.78, 5) is 0. The Labute approximate surface area is 324 Å². The van der Waals surface area contributed by atoms with Crippen LogP contribution >= 0.6 is 16.2 Å². The Balaban J connectivity index is 2.39. The smallest absolute Gasteiger partial charge is 0.332 e. The summed E-state index contributed by atoms with van der Waals surface area (Å²) >= 11 is 0. The third kappa shape index (κ3) is 11.2. The fourth-order valence-corrected chi connectivity index (χ4v) is 16.0. The van der Waals surface area contributed by atoms with Crippen LogP contribution in [0.3, 0.4) is 0 Å². The second-order valence-electron chi connectivity index (χ2n) is 15.9. The van der Waals surface area contributed by atoms with Crippen LogP contribution in [0.4, 0.5) is 0 Å². The third-order valence-electron chi connectivity index (χ3n) is 10.4. The molecule has 0 radical (unpaired) electrons. The highest BCUT2D eigenvalue weighted by molar-refractivity contribution is 7.59. The summed E-state index contributed by atoms with van der Waals surface area (Å²) in [5.74, 6) is 0. The highest BCUT2D eigenvalue weighted by atomic mass is 31.2. The van der Waals surface area contributed by atoms with Crippen molar-refractivity contribution >= 4 is 57.1 Å². The van der Waals surface area contributed by atoms with Crippen LogP contribution in [0.5, 0.6) is 0 Å². The number of hydrogen-bond donors (Lipinski definition) is 0. The lowest BCUT2D eigenvalue weighted by Crippen LogP contribution is -2.69. The molecule has 0 saturated carbocycles. The minimum atomic E-state index is -3.32. The minimum absolute atomic E-state index is 0.0150. The fourth-order valence-electron chi connectivity index (χ4n) is 6.63. The van der Waals surface area contributed by atoms with E-state index in [0.29, 0.717) is 6.04 Å². The summed E-state index contributed by atoms with van der Waals surface area (Å²) < 4.78 is 60.2. The number of nitrogens with zero attached hydrogens (tertiary/aromatic N) is 2. The van der Waals surface area contributed by atoms with Gasteiger partial charge in [-0.15, -0.1) is 0 Å². The van der Waals surface area contributed by atoms with E-state index in [4.69, 9.17) is 37.7 Å². The molecule has 0 amide bonds.